The lowest BCUT2D eigenvalue weighted by atomic mass is 10.1. The summed E-state index contributed by atoms with van der Waals surface area (Å²) in [6, 6.07) is 14.4. The minimum Gasteiger partial charge on any atom is -0.264 e. The molecule has 0 aliphatic heterocycles. The van der Waals surface area contributed by atoms with E-state index in [1.165, 1.54) is 44.5 Å². The van der Waals surface area contributed by atoms with Gasteiger partial charge in [-0.05, 0) is 280 Å². The van der Waals surface area contributed by atoms with E-state index in [1.807, 2.05) is 183 Å². The molecule has 438 valence electrons. The summed E-state index contributed by atoms with van der Waals surface area (Å²) in [5, 5.41) is 0. The molecule has 9 heterocycles. The Morgan fingerprint density at radius 1 is 0.220 bits per heavy atom. The fourth-order valence-corrected chi connectivity index (χ4v) is 7.53. The van der Waals surface area contributed by atoms with E-state index in [2.05, 4.69) is 147 Å². The summed E-state index contributed by atoms with van der Waals surface area (Å²) in [5.74, 6) is 4.94. The smallest absolute Gasteiger partial charge is 0.129 e. The Morgan fingerprint density at radius 2 is 0.561 bits per heavy atom. The first-order valence-electron chi connectivity index (χ1n) is 27.5. The van der Waals surface area contributed by atoms with E-state index in [0.717, 1.165) is 115 Å². The van der Waals surface area contributed by atoms with Crippen LogP contribution in [0.4, 0.5) is 0 Å². The van der Waals surface area contributed by atoms with Gasteiger partial charge in [0.15, 0.2) is 0 Å². The van der Waals surface area contributed by atoms with Crippen LogP contribution in [0.2, 0.25) is 0 Å². The van der Waals surface area contributed by atoms with Crippen LogP contribution in [0.3, 0.4) is 0 Å². The third-order valence-corrected chi connectivity index (χ3v) is 12.4. The molecule has 0 unspecified atom stereocenters. The number of nitrogens with zero attached hydrogens (tertiary/aromatic N) is 15. The van der Waals surface area contributed by atoms with Crippen molar-refractivity contribution in [2.75, 3.05) is 0 Å². The van der Waals surface area contributed by atoms with Crippen molar-refractivity contribution in [2.45, 2.75) is 194 Å². The molecule has 0 bridgehead atoms. The quantitative estimate of drug-likeness (QED) is 0.139. The lowest BCUT2D eigenvalue weighted by Crippen LogP contribution is -1.97. The average Bonchev–Trinajstić information content (AvgIpc) is 3.36. The van der Waals surface area contributed by atoms with Crippen LogP contribution in [-0.2, 0) is 0 Å². The molecule has 0 saturated carbocycles. The summed E-state index contributed by atoms with van der Waals surface area (Å²) in [6.07, 6.45) is 7.22. The molecular formula is C67H95N15. The van der Waals surface area contributed by atoms with E-state index in [4.69, 9.17) is 0 Å². The van der Waals surface area contributed by atoms with Crippen molar-refractivity contribution in [1.82, 2.24) is 74.8 Å². The first-order valence-corrected chi connectivity index (χ1v) is 27.5. The van der Waals surface area contributed by atoms with Gasteiger partial charge < -0.3 is 0 Å². The first-order chi connectivity index (χ1) is 38.2. The predicted octanol–water partition coefficient (Wildman–Crippen LogP) is 14.7. The number of pyridine rings is 4. The van der Waals surface area contributed by atoms with Crippen LogP contribution in [-0.4, -0.2) is 74.8 Å². The second-order valence-corrected chi connectivity index (χ2v) is 20.7. The Kier molecular flexibility index (Phi) is 31.9. The van der Waals surface area contributed by atoms with Gasteiger partial charge in [-0.2, -0.15) is 0 Å². The van der Waals surface area contributed by atoms with Gasteiger partial charge in [0.1, 0.15) is 41.3 Å². The molecule has 15 nitrogen and oxygen atoms in total. The lowest BCUT2D eigenvalue weighted by molar-refractivity contribution is 0.875. The molecule has 9 aromatic rings. The highest BCUT2D eigenvalue weighted by atomic mass is 15.0. The highest BCUT2D eigenvalue weighted by Crippen LogP contribution is 2.10. The molecule has 0 aromatic carbocycles. The minimum atomic E-state index is 0.792. The van der Waals surface area contributed by atoms with E-state index in [9.17, 15) is 0 Å². The predicted molar refractivity (Wildman–Crippen MR) is 338 cm³/mol. The monoisotopic (exact) mass is 1110 g/mol. The topological polar surface area (TPSA) is 193 Å². The van der Waals surface area contributed by atoms with Crippen molar-refractivity contribution in [3.05, 3.63) is 226 Å². The van der Waals surface area contributed by atoms with Gasteiger partial charge in [0.25, 0.3) is 0 Å². The third-order valence-electron chi connectivity index (χ3n) is 12.4. The molecule has 0 spiro atoms. The molecule has 9 aromatic heterocycles. The van der Waals surface area contributed by atoms with E-state index >= 15 is 0 Å². The molecule has 9 rings (SSSR count). The van der Waals surface area contributed by atoms with Gasteiger partial charge in [0.2, 0.25) is 0 Å². The SMILES string of the molecule is Cc1cc(C)nc(C)c1.Cc1cc(C)nc(C)c1.Cc1cc(C)nc(C)n1.Cc1ccc(C)c(C)n1.Cc1cncc(C)c1C.Cc1nc(C)c(C)c(C)n1.Cc1nc(C)nc(C)n1.Cc1ncc(C)c(C)n1.Cc1ncnc(C)c1C. The van der Waals surface area contributed by atoms with Gasteiger partial charge >= 0.3 is 0 Å². The van der Waals surface area contributed by atoms with Crippen molar-refractivity contribution in [3.63, 3.8) is 0 Å². The van der Waals surface area contributed by atoms with Crippen LogP contribution in [0.5, 0.6) is 0 Å². The highest BCUT2D eigenvalue weighted by molar-refractivity contribution is 5.28. The van der Waals surface area contributed by atoms with Crippen molar-refractivity contribution in [1.29, 1.82) is 0 Å². The van der Waals surface area contributed by atoms with Crippen molar-refractivity contribution in [2.24, 2.45) is 0 Å². The molecule has 0 radical (unpaired) electrons. The molecule has 0 atom stereocenters. The molecular weight excluding hydrogens is 1010 g/mol. The lowest BCUT2D eigenvalue weighted by Gasteiger charge is -2.02. The van der Waals surface area contributed by atoms with Crippen molar-refractivity contribution >= 4 is 0 Å². The van der Waals surface area contributed by atoms with E-state index in [1.54, 1.807) is 6.33 Å². The number of hydrogen-bond acceptors (Lipinski definition) is 15. The summed E-state index contributed by atoms with van der Waals surface area (Å²) in [6.45, 7) is 55.9. The normalized spacial score (nSPS) is 9.71. The standard InChI is InChI=1S/C8H12N2.4C8H11N.3C7H10N2.C6H9N3/c1-5-6(2)9-8(4)10-7(5)3;1-6-4-9-5-7(2)8(6)3;2*1-6-4-7(2)9-8(3)5-6;1-6-4-5-7(2)9-8(6)3;1-5-6(2)8-4-9-7(5)3;1-5-4-8-7(3)9-6(5)2;1-5-4-6(2)9-7(3)8-5;1-4-7-5(2)9-6(3)8-4/h1-4H3;4*4-5H,1-3H3;3*4H,1-3H3;1-3H3. The summed E-state index contributed by atoms with van der Waals surface area (Å²) in [5.41, 5.74) is 25.4. The molecule has 0 aliphatic rings. The molecule has 82 heavy (non-hydrogen) atoms. The maximum atomic E-state index is 4.27. The van der Waals surface area contributed by atoms with Crippen LogP contribution < -0.4 is 0 Å². The van der Waals surface area contributed by atoms with Crippen LogP contribution >= 0.6 is 0 Å². The van der Waals surface area contributed by atoms with Gasteiger partial charge in [-0.15, -0.1) is 0 Å². The first kappa shape index (κ1) is 71.9. The average molecular weight is 1110 g/mol. The summed E-state index contributed by atoms with van der Waals surface area (Å²) < 4.78 is 0. The maximum Gasteiger partial charge on any atom is 0.129 e. The Labute approximate surface area is 492 Å². The van der Waals surface area contributed by atoms with Gasteiger partial charge in [0.05, 0.1) is 0 Å². The van der Waals surface area contributed by atoms with E-state index < -0.39 is 0 Å². The second-order valence-electron chi connectivity index (χ2n) is 20.7. The second kappa shape index (κ2) is 36.3. The van der Waals surface area contributed by atoms with Gasteiger partial charge in [0, 0.05) is 92.6 Å². The summed E-state index contributed by atoms with van der Waals surface area (Å²) >= 11 is 0. The Balaban J connectivity index is 0.000000461. The number of hydrogen-bond donors (Lipinski definition) is 0. The van der Waals surface area contributed by atoms with E-state index in [0.29, 0.717) is 0 Å². The van der Waals surface area contributed by atoms with Crippen LogP contribution in [0.15, 0.2) is 67.4 Å². The molecule has 0 amide bonds. The Hall–Kier alpha value is -8.07. The number of aryl methyl sites for hydroxylation is 25. The number of rotatable bonds is 0. The number of aromatic nitrogens is 15. The van der Waals surface area contributed by atoms with Crippen molar-refractivity contribution in [3.8, 4) is 0 Å². The maximum absolute atomic E-state index is 4.27. The van der Waals surface area contributed by atoms with Crippen LogP contribution in [0.25, 0.3) is 0 Å². The van der Waals surface area contributed by atoms with Gasteiger partial charge in [-0.25, -0.2) is 54.8 Å². The van der Waals surface area contributed by atoms with E-state index in [-0.39, 0.29) is 0 Å². The Morgan fingerprint density at radius 3 is 0.878 bits per heavy atom. The summed E-state index contributed by atoms with van der Waals surface area (Å²) in [4.78, 5) is 61.8. The van der Waals surface area contributed by atoms with Crippen molar-refractivity contribution < 1.29 is 0 Å². The fourth-order valence-electron chi connectivity index (χ4n) is 7.53. The Bertz CT molecular complexity index is 2860. The van der Waals surface area contributed by atoms with Crippen LogP contribution in [0.1, 0.15) is 159 Å². The molecule has 0 aliphatic carbocycles. The molecule has 15 heteroatoms. The zero-order valence-corrected chi connectivity index (χ0v) is 55.1. The largest absolute Gasteiger partial charge is 0.264 e. The third kappa shape index (κ3) is 29.9. The van der Waals surface area contributed by atoms with Gasteiger partial charge in [-0.1, -0.05) is 6.07 Å². The highest BCUT2D eigenvalue weighted by Gasteiger charge is 2.00. The molecule has 0 fully saturated rings. The van der Waals surface area contributed by atoms with Gasteiger partial charge in [-0.3, -0.25) is 19.9 Å². The molecule has 0 saturated heterocycles. The fraction of sp³-hybridized carbons (Fsp3) is 0.418. The molecule has 0 N–H and O–H groups in total. The zero-order valence-electron chi connectivity index (χ0n) is 55.1. The minimum absolute atomic E-state index is 0.792. The van der Waals surface area contributed by atoms with Crippen LogP contribution in [0, 0.1) is 194 Å². The summed E-state index contributed by atoms with van der Waals surface area (Å²) in [7, 11) is 0. The zero-order chi connectivity index (χ0) is 62.6.